The first-order chi connectivity index (χ1) is 14.1. The van der Waals surface area contributed by atoms with Crippen LogP contribution >= 0.6 is 0 Å². The summed E-state index contributed by atoms with van der Waals surface area (Å²) in [6.07, 6.45) is 0.998. The van der Waals surface area contributed by atoms with Crippen molar-refractivity contribution < 1.29 is 47.7 Å². The molecule has 0 spiro atoms. The van der Waals surface area contributed by atoms with Gasteiger partial charge < -0.3 is 5.32 Å². The van der Waals surface area contributed by atoms with Crippen LogP contribution in [0.15, 0.2) is 39.1 Å². The third kappa shape index (κ3) is 4.16. The van der Waals surface area contributed by atoms with Gasteiger partial charge in [0.1, 0.15) is 14.7 Å². The molecule has 0 unspecified atom stereocenters. The van der Waals surface area contributed by atoms with Gasteiger partial charge in [0, 0.05) is 16.8 Å². The highest BCUT2D eigenvalue weighted by Crippen LogP contribution is 2.44. The summed E-state index contributed by atoms with van der Waals surface area (Å²) in [4.78, 5) is -5.73. The zero-order chi connectivity index (χ0) is 23.4. The van der Waals surface area contributed by atoms with Crippen molar-refractivity contribution in [2.24, 2.45) is 0 Å². The summed E-state index contributed by atoms with van der Waals surface area (Å²) in [6, 6.07) is 1.86. The summed E-state index contributed by atoms with van der Waals surface area (Å²) in [5.74, 6) is -3.97. The van der Waals surface area contributed by atoms with E-state index >= 15 is 0 Å². The Morgan fingerprint density at radius 3 is 1.87 bits per heavy atom. The molecule has 18 heteroatoms. The Labute approximate surface area is 172 Å². The van der Waals surface area contributed by atoms with Gasteiger partial charge in [0.2, 0.25) is 0 Å². The maximum atomic E-state index is 14.7. The zero-order valence-corrected chi connectivity index (χ0v) is 16.9. The largest absolute Gasteiger partial charge is 0.337 e. The third-order valence-electron chi connectivity index (χ3n) is 3.76. The smallest absolute Gasteiger partial charge is 0.298 e. The minimum Gasteiger partial charge on any atom is -0.337 e. The van der Waals surface area contributed by atoms with Crippen molar-refractivity contribution in [2.45, 2.75) is 14.7 Å². The minimum atomic E-state index is -5.84. The fourth-order valence-corrected chi connectivity index (χ4v) is 6.27. The van der Waals surface area contributed by atoms with Crippen molar-refractivity contribution in [3.05, 3.63) is 36.0 Å². The molecule has 4 N–H and O–H groups in total. The number of anilines is 2. The van der Waals surface area contributed by atoms with Crippen molar-refractivity contribution in [3.8, 4) is 0 Å². The van der Waals surface area contributed by atoms with Gasteiger partial charge in [-0.15, -0.1) is 10.2 Å². The summed E-state index contributed by atoms with van der Waals surface area (Å²) >= 11 is 0. The highest BCUT2D eigenvalue weighted by atomic mass is 32.2. The number of rotatable bonds is 5. The molecule has 0 atom stereocenters. The molecule has 0 aliphatic heterocycles. The zero-order valence-electron chi connectivity index (χ0n) is 14.4. The van der Waals surface area contributed by atoms with E-state index < -0.39 is 79.0 Å². The highest BCUT2D eigenvalue weighted by molar-refractivity contribution is 7.90. The van der Waals surface area contributed by atoms with Crippen molar-refractivity contribution in [3.63, 3.8) is 0 Å². The fourth-order valence-electron chi connectivity index (χ4n) is 2.73. The predicted molar refractivity (Wildman–Crippen MR) is 96.4 cm³/mol. The Morgan fingerprint density at radius 2 is 1.39 bits per heavy atom. The van der Waals surface area contributed by atoms with Gasteiger partial charge in [-0.3, -0.25) is 13.7 Å². The van der Waals surface area contributed by atoms with Crippen molar-refractivity contribution in [1.29, 1.82) is 0 Å². The predicted octanol–water partition coefficient (Wildman–Crippen LogP) is 0.787. The normalized spacial score (nSPS) is 12.8. The monoisotopic (exact) mass is 498 g/mol. The number of aromatic nitrogens is 3. The first kappa shape index (κ1) is 22.8. The molecule has 1 heterocycles. The number of hydrogen-bond donors (Lipinski definition) is 4. The topological polar surface area (TPSA) is 214 Å². The van der Waals surface area contributed by atoms with E-state index in [1.54, 1.807) is 0 Å². The molecule has 13 nitrogen and oxygen atoms in total. The SMILES string of the molecule is O=S(=O)(O)c1c(S(=O)(=O)O)c(Nc2ccnnn2)c2c(F)c(F)ccc2c1S(=O)(=O)O. The molecular weight excluding hydrogens is 490 g/mol. The van der Waals surface area contributed by atoms with Gasteiger partial charge in [-0.05, 0) is 17.3 Å². The van der Waals surface area contributed by atoms with Crippen LogP contribution in [-0.2, 0) is 30.4 Å². The number of halogens is 2. The molecule has 0 bridgehead atoms. The molecule has 3 rings (SSSR count). The Balaban J connectivity index is 2.77. The van der Waals surface area contributed by atoms with Gasteiger partial charge in [0.15, 0.2) is 17.5 Å². The summed E-state index contributed by atoms with van der Waals surface area (Å²) in [5, 5.41) is 9.66. The molecule has 0 aliphatic carbocycles. The molecular formula is C13H8F2N4O9S3. The Morgan fingerprint density at radius 1 is 0.806 bits per heavy atom. The molecule has 0 amide bonds. The lowest BCUT2D eigenvalue weighted by molar-refractivity contribution is 0.457. The molecule has 166 valence electrons. The maximum absolute atomic E-state index is 14.7. The van der Waals surface area contributed by atoms with Crippen LogP contribution in [0.2, 0.25) is 0 Å². The van der Waals surface area contributed by atoms with Crippen LogP contribution in [0.3, 0.4) is 0 Å². The average molecular weight is 498 g/mol. The second kappa shape index (κ2) is 7.35. The van der Waals surface area contributed by atoms with Crippen LogP contribution < -0.4 is 5.32 Å². The highest BCUT2D eigenvalue weighted by Gasteiger charge is 2.39. The minimum absolute atomic E-state index is 0.350. The van der Waals surface area contributed by atoms with E-state index in [4.69, 9.17) is 0 Å². The lowest BCUT2D eigenvalue weighted by atomic mass is 10.1. The van der Waals surface area contributed by atoms with Gasteiger partial charge in [-0.2, -0.15) is 25.3 Å². The molecule has 1 aromatic heterocycles. The molecule has 3 aromatic rings. The van der Waals surface area contributed by atoms with Crippen LogP contribution in [-0.4, -0.2) is 54.3 Å². The standard InChI is InChI=1S/C13H8F2N4O9S3/c14-6-2-1-5-8(9(6)15)10(17-7-3-4-16-19-18-7)12(30(23,24)25)13(31(26,27)28)11(5)29(20,21)22/h1-4H,(H,16,17,18)(H,20,21,22)(H,23,24,25)(H,26,27,28). The third-order valence-corrected chi connectivity index (χ3v) is 6.81. The molecule has 31 heavy (non-hydrogen) atoms. The van der Waals surface area contributed by atoms with E-state index in [9.17, 15) is 47.7 Å². The van der Waals surface area contributed by atoms with Crippen molar-refractivity contribution in [1.82, 2.24) is 15.4 Å². The van der Waals surface area contributed by atoms with Crippen LogP contribution in [0, 0.1) is 11.6 Å². The molecule has 0 fully saturated rings. The average Bonchev–Trinajstić information content (AvgIpc) is 2.62. The molecule has 0 saturated carbocycles. The summed E-state index contributed by atoms with van der Waals surface area (Å²) < 4.78 is 129. The Hall–Kier alpha value is -2.90. The molecule has 2 aromatic carbocycles. The number of benzene rings is 2. The van der Waals surface area contributed by atoms with Gasteiger partial charge in [0.05, 0.1) is 11.9 Å². The van der Waals surface area contributed by atoms with Gasteiger partial charge in [-0.25, -0.2) is 8.78 Å². The summed E-state index contributed by atoms with van der Waals surface area (Å²) in [6.45, 7) is 0. The van der Waals surface area contributed by atoms with Crippen LogP contribution in [0.4, 0.5) is 20.3 Å². The number of hydrogen-bond acceptors (Lipinski definition) is 10. The number of nitrogens with zero attached hydrogens (tertiary/aromatic N) is 3. The summed E-state index contributed by atoms with van der Waals surface area (Å²) in [5.41, 5.74) is -1.23. The van der Waals surface area contributed by atoms with Crippen molar-refractivity contribution in [2.75, 3.05) is 5.32 Å². The van der Waals surface area contributed by atoms with E-state index in [0.717, 1.165) is 12.3 Å². The molecule has 0 saturated heterocycles. The van der Waals surface area contributed by atoms with Crippen LogP contribution in [0.25, 0.3) is 10.8 Å². The molecule has 0 radical (unpaired) electrons. The van der Waals surface area contributed by atoms with E-state index in [1.165, 1.54) is 0 Å². The van der Waals surface area contributed by atoms with Crippen LogP contribution in [0.5, 0.6) is 0 Å². The van der Waals surface area contributed by atoms with Gasteiger partial charge in [0.25, 0.3) is 30.4 Å². The maximum Gasteiger partial charge on any atom is 0.298 e. The van der Waals surface area contributed by atoms with E-state index in [1.807, 2.05) is 0 Å². The Bertz CT molecular complexity index is 1540. The fraction of sp³-hybridized carbons (Fsp3) is 0. The van der Waals surface area contributed by atoms with E-state index in [2.05, 4.69) is 20.7 Å². The van der Waals surface area contributed by atoms with Gasteiger partial charge in [-0.1, -0.05) is 0 Å². The molecule has 0 aliphatic rings. The first-order valence-electron chi connectivity index (χ1n) is 7.45. The second-order valence-electron chi connectivity index (χ2n) is 5.70. The van der Waals surface area contributed by atoms with Gasteiger partial charge >= 0.3 is 0 Å². The van der Waals surface area contributed by atoms with Crippen LogP contribution in [0.1, 0.15) is 0 Å². The second-order valence-corrected chi connectivity index (χ2v) is 9.78. The van der Waals surface area contributed by atoms with Crippen molar-refractivity contribution >= 4 is 52.6 Å². The number of nitrogens with one attached hydrogen (secondary N) is 1. The Kier molecular flexibility index (Phi) is 5.40. The lowest BCUT2D eigenvalue weighted by Gasteiger charge is -2.19. The summed E-state index contributed by atoms with van der Waals surface area (Å²) in [7, 11) is -17.4. The lowest BCUT2D eigenvalue weighted by Crippen LogP contribution is -2.18. The first-order valence-corrected chi connectivity index (χ1v) is 11.8. The quantitative estimate of drug-likeness (QED) is 0.358. The van der Waals surface area contributed by atoms with E-state index in [0.29, 0.717) is 12.1 Å². The number of fused-ring (bicyclic) bond motifs is 1. The van der Waals surface area contributed by atoms with E-state index in [-0.39, 0.29) is 0 Å².